The number of carbonyl (C=O) groups is 2. The lowest BCUT2D eigenvalue weighted by molar-refractivity contribution is -0.141. The number of rotatable bonds is 6. The Hall–Kier alpha value is -1.10. The number of nitrogens with two attached hydrogens (primary N) is 1. The first kappa shape index (κ1) is 12.9. The number of aliphatic carboxylic acids is 1. The SMILES string of the molecule is CC(CN)CCC(=O)N[C@@H](C)C(=O)O. The van der Waals surface area contributed by atoms with Crippen LogP contribution in [0, 0.1) is 5.92 Å². The van der Waals surface area contributed by atoms with Crippen LogP contribution in [0.15, 0.2) is 0 Å². The molecule has 0 radical (unpaired) electrons. The number of carbonyl (C=O) groups excluding carboxylic acids is 1. The van der Waals surface area contributed by atoms with Crippen molar-refractivity contribution in [2.45, 2.75) is 32.7 Å². The molecule has 1 unspecified atom stereocenters. The Labute approximate surface area is 83.7 Å². The topological polar surface area (TPSA) is 92.4 Å². The van der Waals surface area contributed by atoms with Crippen LogP contribution in [0.5, 0.6) is 0 Å². The quantitative estimate of drug-likeness (QED) is 0.563. The number of hydrogen-bond donors (Lipinski definition) is 3. The summed E-state index contributed by atoms with van der Waals surface area (Å²) in [5.41, 5.74) is 5.38. The number of hydrogen-bond acceptors (Lipinski definition) is 3. The molecule has 4 N–H and O–H groups in total. The zero-order valence-corrected chi connectivity index (χ0v) is 8.62. The molecule has 0 saturated carbocycles. The fourth-order valence-corrected chi connectivity index (χ4v) is 0.871. The van der Waals surface area contributed by atoms with Gasteiger partial charge in [0, 0.05) is 6.42 Å². The number of carboxylic acid groups (broad SMARTS) is 1. The van der Waals surface area contributed by atoms with Gasteiger partial charge in [0.15, 0.2) is 0 Å². The van der Waals surface area contributed by atoms with E-state index >= 15 is 0 Å². The van der Waals surface area contributed by atoms with Crippen LogP contribution in [-0.2, 0) is 9.59 Å². The molecule has 0 rings (SSSR count). The zero-order chi connectivity index (χ0) is 11.1. The Kier molecular flexibility index (Phi) is 5.87. The highest BCUT2D eigenvalue weighted by atomic mass is 16.4. The molecule has 14 heavy (non-hydrogen) atoms. The molecule has 0 bridgehead atoms. The van der Waals surface area contributed by atoms with E-state index < -0.39 is 12.0 Å². The van der Waals surface area contributed by atoms with Gasteiger partial charge >= 0.3 is 5.97 Å². The van der Waals surface area contributed by atoms with Gasteiger partial charge in [-0.25, -0.2) is 0 Å². The molecule has 0 aromatic carbocycles. The second-order valence-corrected chi connectivity index (χ2v) is 3.51. The van der Waals surface area contributed by atoms with Crippen LogP contribution < -0.4 is 11.1 Å². The highest BCUT2D eigenvalue weighted by Crippen LogP contribution is 2.02. The Morgan fingerprint density at radius 3 is 2.43 bits per heavy atom. The third-order valence-corrected chi connectivity index (χ3v) is 2.01. The summed E-state index contributed by atoms with van der Waals surface area (Å²) >= 11 is 0. The van der Waals surface area contributed by atoms with Gasteiger partial charge in [-0.2, -0.15) is 0 Å². The summed E-state index contributed by atoms with van der Waals surface area (Å²) in [6, 6.07) is -0.823. The minimum Gasteiger partial charge on any atom is -0.480 e. The number of carboxylic acids is 1. The Morgan fingerprint density at radius 2 is 2.00 bits per heavy atom. The van der Waals surface area contributed by atoms with Gasteiger partial charge in [-0.15, -0.1) is 0 Å². The zero-order valence-electron chi connectivity index (χ0n) is 8.62. The van der Waals surface area contributed by atoms with Crippen molar-refractivity contribution in [1.82, 2.24) is 5.32 Å². The fourth-order valence-electron chi connectivity index (χ4n) is 0.871. The van der Waals surface area contributed by atoms with Crippen molar-refractivity contribution in [2.24, 2.45) is 11.7 Å². The largest absolute Gasteiger partial charge is 0.480 e. The van der Waals surface area contributed by atoms with E-state index in [0.29, 0.717) is 25.3 Å². The van der Waals surface area contributed by atoms with Gasteiger partial charge < -0.3 is 16.2 Å². The standard InChI is InChI=1S/C9H18N2O3/c1-6(5-10)3-4-8(12)11-7(2)9(13)14/h6-7H,3-5,10H2,1-2H3,(H,11,12)(H,13,14)/t6?,7-/m0/s1. The van der Waals surface area contributed by atoms with Crippen molar-refractivity contribution in [1.29, 1.82) is 0 Å². The van der Waals surface area contributed by atoms with E-state index in [9.17, 15) is 9.59 Å². The molecule has 5 heteroatoms. The fraction of sp³-hybridized carbons (Fsp3) is 0.778. The van der Waals surface area contributed by atoms with Crippen LogP contribution in [0.2, 0.25) is 0 Å². The summed E-state index contributed by atoms with van der Waals surface area (Å²) in [7, 11) is 0. The van der Waals surface area contributed by atoms with Crippen LogP contribution in [0.1, 0.15) is 26.7 Å². The normalized spacial score (nSPS) is 14.5. The Bertz CT molecular complexity index is 206. The average molecular weight is 202 g/mol. The summed E-state index contributed by atoms with van der Waals surface area (Å²) < 4.78 is 0. The maximum atomic E-state index is 11.2. The third kappa shape index (κ3) is 5.53. The van der Waals surface area contributed by atoms with Crippen LogP contribution in [0.4, 0.5) is 0 Å². The minimum absolute atomic E-state index is 0.236. The molecule has 2 atom stereocenters. The van der Waals surface area contributed by atoms with Gasteiger partial charge in [0.05, 0.1) is 0 Å². The van der Waals surface area contributed by atoms with E-state index in [1.54, 1.807) is 0 Å². The van der Waals surface area contributed by atoms with Crippen LogP contribution in [0.3, 0.4) is 0 Å². The third-order valence-electron chi connectivity index (χ3n) is 2.01. The second kappa shape index (κ2) is 6.37. The predicted octanol–water partition coefficient (Wildman–Crippen LogP) is -0.0493. The van der Waals surface area contributed by atoms with Crippen molar-refractivity contribution >= 4 is 11.9 Å². The molecule has 0 aromatic rings. The van der Waals surface area contributed by atoms with Crippen molar-refractivity contribution in [3.63, 3.8) is 0 Å². The van der Waals surface area contributed by atoms with E-state index in [0.717, 1.165) is 0 Å². The Balaban J connectivity index is 3.71. The lowest BCUT2D eigenvalue weighted by Gasteiger charge is -2.11. The van der Waals surface area contributed by atoms with Crippen LogP contribution in [-0.4, -0.2) is 29.6 Å². The van der Waals surface area contributed by atoms with E-state index in [1.807, 2.05) is 6.92 Å². The van der Waals surface area contributed by atoms with Crippen molar-refractivity contribution < 1.29 is 14.7 Å². The molecule has 5 nitrogen and oxygen atoms in total. The van der Waals surface area contributed by atoms with Crippen LogP contribution in [0.25, 0.3) is 0 Å². The highest BCUT2D eigenvalue weighted by Gasteiger charge is 2.13. The minimum atomic E-state index is -1.02. The predicted molar refractivity (Wildman–Crippen MR) is 52.7 cm³/mol. The first-order valence-corrected chi connectivity index (χ1v) is 4.69. The molecule has 0 fully saturated rings. The smallest absolute Gasteiger partial charge is 0.325 e. The Morgan fingerprint density at radius 1 is 1.43 bits per heavy atom. The van der Waals surface area contributed by atoms with E-state index in [2.05, 4.69) is 5.32 Å². The molecule has 0 spiro atoms. The molecule has 0 aliphatic heterocycles. The first-order chi connectivity index (χ1) is 6.47. The van der Waals surface area contributed by atoms with E-state index in [-0.39, 0.29) is 5.91 Å². The average Bonchev–Trinajstić information content (AvgIpc) is 2.13. The van der Waals surface area contributed by atoms with Gasteiger partial charge in [0.2, 0.25) is 5.91 Å². The van der Waals surface area contributed by atoms with Crippen molar-refractivity contribution in [3.05, 3.63) is 0 Å². The summed E-state index contributed by atoms with van der Waals surface area (Å²) in [4.78, 5) is 21.6. The van der Waals surface area contributed by atoms with E-state index in [4.69, 9.17) is 10.8 Å². The van der Waals surface area contributed by atoms with Gasteiger partial charge in [0.25, 0.3) is 0 Å². The van der Waals surface area contributed by atoms with E-state index in [1.165, 1.54) is 6.92 Å². The summed E-state index contributed by atoms with van der Waals surface area (Å²) in [6.07, 6.45) is 1.02. The van der Waals surface area contributed by atoms with Gasteiger partial charge in [-0.1, -0.05) is 6.92 Å². The molecular weight excluding hydrogens is 184 g/mol. The molecule has 82 valence electrons. The highest BCUT2D eigenvalue weighted by molar-refractivity contribution is 5.83. The van der Waals surface area contributed by atoms with Crippen LogP contribution >= 0.6 is 0 Å². The first-order valence-electron chi connectivity index (χ1n) is 4.69. The molecular formula is C9H18N2O3. The van der Waals surface area contributed by atoms with Gasteiger partial charge in [-0.05, 0) is 25.8 Å². The van der Waals surface area contributed by atoms with Gasteiger partial charge in [-0.3, -0.25) is 9.59 Å². The molecule has 0 aromatic heterocycles. The maximum absolute atomic E-state index is 11.2. The van der Waals surface area contributed by atoms with Crippen molar-refractivity contribution in [2.75, 3.05) is 6.54 Å². The molecule has 0 aliphatic carbocycles. The molecule has 1 amide bonds. The molecule has 0 heterocycles. The maximum Gasteiger partial charge on any atom is 0.325 e. The molecule has 0 saturated heterocycles. The second-order valence-electron chi connectivity index (χ2n) is 3.51. The lowest BCUT2D eigenvalue weighted by atomic mass is 10.1. The van der Waals surface area contributed by atoms with Crippen molar-refractivity contribution in [3.8, 4) is 0 Å². The summed E-state index contributed by atoms with van der Waals surface area (Å²) in [5, 5.41) is 10.9. The monoisotopic (exact) mass is 202 g/mol. The number of amides is 1. The number of nitrogens with one attached hydrogen (secondary N) is 1. The van der Waals surface area contributed by atoms with Gasteiger partial charge in [0.1, 0.15) is 6.04 Å². The summed E-state index contributed by atoms with van der Waals surface area (Å²) in [5.74, 6) is -0.966. The molecule has 0 aliphatic rings. The lowest BCUT2D eigenvalue weighted by Crippen LogP contribution is -2.38. The summed E-state index contributed by atoms with van der Waals surface area (Å²) in [6.45, 7) is 3.93.